The molecule has 2 N–H and O–H groups in total. The molecule has 0 bridgehead atoms. The van der Waals surface area contributed by atoms with Gasteiger partial charge in [0.05, 0.1) is 17.6 Å². The Morgan fingerprint density at radius 1 is 1.06 bits per heavy atom. The number of sulfonamides is 1. The number of halogens is 4. The molecular weight excluding hydrogens is 727 g/mol. The summed E-state index contributed by atoms with van der Waals surface area (Å²) in [5.41, 5.74) is -2.86. The molecule has 5 rings (SSSR count). The van der Waals surface area contributed by atoms with E-state index in [2.05, 4.69) is 20.4 Å². The number of carbonyl (C=O) groups is 2. The van der Waals surface area contributed by atoms with E-state index < -0.39 is 38.1 Å². The first-order chi connectivity index (χ1) is 24.2. The van der Waals surface area contributed by atoms with Crippen molar-refractivity contribution in [2.75, 3.05) is 18.5 Å². The molecule has 0 spiro atoms. The third kappa shape index (κ3) is 9.26. The van der Waals surface area contributed by atoms with Gasteiger partial charge in [-0.25, -0.2) is 24.2 Å². The maximum Gasteiger partial charge on any atom is 0.410 e. The number of nitrogens with zero attached hydrogens (tertiary/aromatic N) is 5. The lowest BCUT2D eigenvalue weighted by Crippen LogP contribution is -2.49. The van der Waals surface area contributed by atoms with Crippen LogP contribution in [0.5, 0.6) is 5.88 Å². The van der Waals surface area contributed by atoms with Crippen molar-refractivity contribution in [1.82, 2.24) is 29.4 Å². The molecule has 2 fully saturated rings. The van der Waals surface area contributed by atoms with Crippen LogP contribution in [0.3, 0.4) is 0 Å². The Hall–Kier alpha value is -4.12. The maximum absolute atomic E-state index is 13.2. The number of hydrogen-bond acceptors (Lipinski definition) is 10. The largest absolute Gasteiger partial charge is 0.477 e. The van der Waals surface area contributed by atoms with Gasteiger partial charge < -0.3 is 19.7 Å². The topological polar surface area (TPSA) is 158 Å². The van der Waals surface area contributed by atoms with Crippen molar-refractivity contribution < 1.29 is 40.7 Å². The molecule has 1 saturated heterocycles. The van der Waals surface area contributed by atoms with Crippen LogP contribution >= 0.6 is 11.6 Å². The first-order valence-electron chi connectivity index (χ1n) is 16.9. The standard InChI is InChI=1S/C34H43ClF3N7O6S/c1-31(2,3)51-30(47)45-22(13-15-32(45,4)5)8-7-19-39-24-9-6-10-27(40-24)52(48,49)43-29(46)23-11-12-25(41-28(23)35)44-20-14-26(42-44)50-21-18-33(16-17-33)34(36,37)38/h6,9-12,14,20,22H,7-8,13,15-19,21H2,1-5H3,(H,39,40)(H,43,46). The van der Waals surface area contributed by atoms with Crippen molar-refractivity contribution in [1.29, 1.82) is 0 Å². The summed E-state index contributed by atoms with van der Waals surface area (Å²) in [6.45, 7) is 9.85. The van der Waals surface area contributed by atoms with Crippen molar-refractivity contribution in [3.63, 3.8) is 0 Å². The van der Waals surface area contributed by atoms with E-state index in [9.17, 15) is 31.2 Å². The van der Waals surface area contributed by atoms with Gasteiger partial charge in [-0.2, -0.15) is 21.6 Å². The number of pyridine rings is 2. The number of nitrogens with one attached hydrogen (secondary N) is 2. The van der Waals surface area contributed by atoms with Gasteiger partial charge in [-0.05, 0) is 104 Å². The van der Waals surface area contributed by atoms with E-state index in [0.717, 1.165) is 12.8 Å². The summed E-state index contributed by atoms with van der Waals surface area (Å²) in [5, 5.41) is 6.54. The number of likely N-dealkylation sites (tertiary alicyclic amines) is 1. The lowest BCUT2D eigenvalue weighted by atomic mass is 10.0. The zero-order valence-electron chi connectivity index (χ0n) is 29.6. The van der Waals surface area contributed by atoms with Gasteiger partial charge in [-0.1, -0.05) is 17.7 Å². The van der Waals surface area contributed by atoms with Crippen molar-refractivity contribution in [3.05, 3.63) is 53.3 Å². The van der Waals surface area contributed by atoms with E-state index in [0.29, 0.717) is 19.4 Å². The number of alkyl halides is 3. The van der Waals surface area contributed by atoms with Crippen LogP contribution in [0.4, 0.5) is 23.8 Å². The van der Waals surface area contributed by atoms with Gasteiger partial charge in [0.2, 0.25) is 5.88 Å². The number of amides is 2. The highest BCUT2D eigenvalue weighted by atomic mass is 35.5. The molecule has 18 heteroatoms. The third-order valence-corrected chi connectivity index (χ3v) is 10.6. The van der Waals surface area contributed by atoms with Crippen LogP contribution in [0.25, 0.3) is 5.82 Å². The minimum atomic E-state index is -4.42. The molecule has 1 saturated carbocycles. The average Bonchev–Trinajstić information content (AvgIpc) is 3.58. The Kier molecular flexibility index (Phi) is 11.1. The Labute approximate surface area is 305 Å². The molecule has 0 radical (unpaired) electrons. The number of ether oxygens (including phenoxy) is 2. The van der Waals surface area contributed by atoms with Crippen LogP contribution in [0.2, 0.25) is 5.15 Å². The Morgan fingerprint density at radius 3 is 2.44 bits per heavy atom. The summed E-state index contributed by atoms with van der Waals surface area (Å²) >= 11 is 6.25. The molecule has 52 heavy (non-hydrogen) atoms. The van der Waals surface area contributed by atoms with Crippen LogP contribution in [0.1, 0.15) is 89.9 Å². The molecular formula is C34H43ClF3N7O6S. The van der Waals surface area contributed by atoms with E-state index in [1.807, 2.05) is 44.2 Å². The van der Waals surface area contributed by atoms with Crippen LogP contribution in [-0.2, 0) is 14.8 Å². The number of rotatable bonds is 13. The Balaban J connectivity index is 1.13. The Bertz CT molecular complexity index is 1890. The number of anilines is 1. The van der Waals surface area contributed by atoms with Crippen LogP contribution < -0.4 is 14.8 Å². The van der Waals surface area contributed by atoms with E-state index in [1.54, 1.807) is 6.07 Å². The second-order valence-corrected chi connectivity index (χ2v) is 16.7. The quantitative estimate of drug-likeness (QED) is 0.138. The molecule has 4 heterocycles. The second kappa shape index (κ2) is 14.7. The highest BCUT2D eigenvalue weighted by Crippen LogP contribution is 2.59. The first kappa shape index (κ1) is 39.1. The molecule has 284 valence electrons. The molecule has 1 aliphatic heterocycles. The predicted molar refractivity (Wildman–Crippen MR) is 186 cm³/mol. The van der Waals surface area contributed by atoms with E-state index >= 15 is 0 Å². The van der Waals surface area contributed by atoms with E-state index in [1.165, 1.54) is 41.2 Å². The van der Waals surface area contributed by atoms with E-state index in [4.69, 9.17) is 21.1 Å². The van der Waals surface area contributed by atoms with E-state index in [-0.39, 0.29) is 71.8 Å². The summed E-state index contributed by atoms with van der Waals surface area (Å²) in [6, 6.07) is 8.42. The summed E-state index contributed by atoms with van der Waals surface area (Å²) in [6.07, 6.45) is -0.0946. The van der Waals surface area contributed by atoms with Gasteiger partial charge in [-0.15, -0.1) is 5.10 Å². The summed E-state index contributed by atoms with van der Waals surface area (Å²) in [5.74, 6) is -0.523. The van der Waals surface area contributed by atoms with Gasteiger partial charge in [0.15, 0.2) is 10.8 Å². The van der Waals surface area contributed by atoms with Crippen molar-refractivity contribution in [2.45, 2.75) is 108 Å². The molecule has 1 unspecified atom stereocenters. The summed E-state index contributed by atoms with van der Waals surface area (Å²) in [7, 11) is -4.42. The van der Waals surface area contributed by atoms with Crippen LogP contribution in [0.15, 0.2) is 47.6 Å². The van der Waals surface area contributed by atoms with Gasteiger partial charge >= 0.3 is 12.3 Å². The molecule has 3 aromatic heterocycles. The monoisotopic (exact) mass is 769 g/mol. The fourth-order valence-electron chi connectivity index (χ4n) is 6.10. The number of aromatic nitrogens is 4. The molecule has 0 aromatic carbocycles. The summed E-state index contributed by atoms with van der Waals surface area (Å²) < 4.78 is 80.0. The molecule has 2 aliphatic rings. The smallest absolute Gasteiger partial charge is 0.410 e. The minimum absolute atomic E-state index is 0.00223. The number of carbonyl (C=O) groups excluding carboxylic acids is 2. The molecule has 13 nitrogen and oxygen atoms in total. The van der Waals surface area contributed by atoms with Crippen molar-refractivity contribution in [2.24, 2.45) is 5.41 Å². The van der Waals surface area contributed by atoms with Crippen molar-refractivity contribution in [3.8, 4) is 11.7 Å². The maximum atomic E-state index is 13.2. The highest BCUT2D eigenvalue weighted by molar-refractivity contribution is 7.90. The first-order valence-corrected chi connectivity index (χ1v) is 18.8. The molecule has 3 aromatic rings. The van der Waals surface area contributed by atoms with Crippen LogP contribution in [-0.4, -0.2) is 81.6 Å². The molecule has 1 atom stereocenters. The minimum Gasteiger partial charge on any atom is -0.477 e. The van der Waals surface area contributed by atoms with Gasteiger partial charge in [0.1, 0.15) is 16.6 Å². The highest BCUT2D eigenvalue weighted by Gasteiger charge is 2.62. The van der Waals surface area contributed by atoms with Gasteiger partial charge in [0, 0.05) is 30.4 Å². The molecule has 1 aliphatic carbocycles. The normalized spacial score (nSPS) is 18.2. The average molecular weight is 770 g/mol. The fraction of sp³-hybridized carbons (Fsp3) is 0.559. The zero-order valence-corrected chi connectivity index (χ0v) is 31.2. The summed E-state index contributed by atoms with van der Waals surface area (Å²) in [4.78, 5) is 36.0. The lowest BCUT2D eigenvalue weighted by molar-refractivity contribution is -0.190. The SMILES string of the molecule is CC(C)(C)OC(=O)N1C(CCCNc2cccc(S(=O)(=O)NC(=O)c3ccc(-n4ccc(OCCC5(C(F)(F)F)CC5)n4)nc3Cl)n2)CCC1(C)C. The van der Waals surface area contributed by atoms with Crippen molar-refractivity contribution >= 4 is 39.4 Å². The third-order valence-electron chi connectivity index (χ3n) is 9.11. The van der Waals surface area contributed by atoms with Gasteiger partial charge in [0.25, 0.3) is 15.9 Å². The fourth-order valence-corrected chi connectivity index (χ4v) is 7.27. The number of hydrogen-bond donors (Lipinski definition) is 2. The van der Waals surface area contributed by atoms with Crippen LogP contribution in [0, 0.1) is 5.41 Å². The molecule has 2 amide bonds. The zero-order chi connectivity index (χ0) is 38.1. The lowest BCUT2D eigenvalue weighted by Gasteiger charge is -2.37. The Morgan fingerprint density at radius 2 is 1.79 bits per heavy atom. The van der Waals surface area contributed by atoms with Gasteiger partial charge in [-0.3, -0.25) is 4.79 Å². The predicted octanol–water partition coefficient (Wildman–Crippen LogP) is 6.92. The second-order valence-electron chi connectivity index (χ2n) is 14.7.